The van der Waals surface area contributed by atoms with E-state index in [1.165, 1.54) is 12.1 Å². The van der Waals surface area contributed by atoms with Crippen molar-refractivity contribution in [2.24, 2.45) is 0 Å². The summed E-state index contributed by atoms with van der Waals surface area (Å²) in [6.45, 7) is 0. The Balaban J connectivity index is 2.93. The van der Waals surface area contributed by atoms with Crippen LogP contribution in [0.1, 0.15) is 18.1 Å². The van der Waals surface area contributed by atoms with Crippen LogP contribution in [0.3, 0.4) is 0 Å². The highest BCUT2D eigenvalue weighted by atomic mass is 127. The molecule has 0 radical (unpaired) electrons. The fourth-order valence-corrected chi connectivity index (χ4v) is 1.96. The van der Waals surface area contributed by atoms with E-state index in [2.05, 4.69) is 0 Å². The molecule has 0 heterocycles. The molecule has 0 aliphatic rings. The van der Waals surface area contributed by atoms with E-state index in [0.717, 1.165) is 10.7 Å². The average Bonchev–Trinajstić information content (AvgIpc) is 2.24. The first-order valence-electron chi connectivity index (χ1n) is 4.90. The van der Waals surface area contributed by atoms with E-state index < -0.39 is 24.6 Å². The predicted molar refractivity (Wildman–Crippen MR) is 64.5 cm³/mol. The van der Waals surface area contributed by atoms with Crippen LogP contribution in [-0.4, -0.2) is 19.2 Å². The van der Waals surface area contributed by atoms with Crippen molar-refractivity contribution in [3.05, 3.63) is 33.4 Å². The zero-order valence-corrected chi connectivity index (χ0v) is 11.4. The molecule has 0 spiro atoms. The summed E-state index contributed by atoms with van der Waals surface area (Å²) < 4.78 is 67.7. The van der Waals surface area contributed by atoms with Crippen LogP contribution in [0.15, 0.2) is 24.3 Å². The lowest BCUT2D eigenvalue weighted by Crippen LogP contribution is -2.38. The number of halogens is 6. The number of hydrogen-bond acceptors (Lipinski definition) is 1. The van der Waals surface area contributed by atoms with E-state index in [1.54, 1.807) is 12.1 Å². The van der Waals surface area contributed by atoms with E-state index in [0.29, 0.717) is 5.56 Å². The molecule has 1 unspecified atom stereocenters. The summed E-state index contributed by atoms with van der Waals surface area (Å²) in [5.41, 5.74) is 0.299. The van der Waals surface area contributed by atoms with Crippen molar-refractivity contribution in [1.82, 2.24) is 0 Å². The predicted octanol–water partition coefficient (Wildman–Crippen LogP) is 4.57. The van der Waals surface area contributed by atoms with E-state index in [-0.39, 0.29) is 0 Å². The average molecular weight is 380 g/mol. The largest absolute Gasteiger partial charge is 0.453 e. The van der Waals surface area contributed by atoms with Gasteiger partial charge in [0.2, 0.25) is 0 Å². The number of ether oxygens (including phenoxy) is 1. The minimum absolute atomic E-state index is 0.299. The van der Waals surface area contributed by atoms with Gasteiger partial charge in [0.15, 0.2) is 0 Å². The van der Waals surface area contributed by atoms with Crippen LogP contribution < -0.4 is 0 Å². The van der Waals surface area contributed by atoms with E-state index in [4.69, 9.17) is 4.74 Å². The minimum Gasteiger partial charge on any atom is -0.377 e. The Kier molecular flexibility index (Phi) is 4.93. The van der Waals surface area contributed by atoms with E-state index in [1.807, 2.05) is 22.6 Å². The van der Waals surface area contributed by atoms with Crippen molar-refractivity contribution >= 4 is 22.6 Å². The highest BCUT2D eigenvalue weighted by molar-refractivity contribution is 14.1. The van der Waals surface area contributed by atoms with Gasteiger partial charge in [-0.2, -0.15) is 22.0 Å². The molecule has 1 atom stereocenters. The molecule has 7 heteroatoms. The fourth-order valence-electron chi connectivity index (χ4n) is 1.39. The van der Waals surface area contributed by atoms with Crippen molar-refractivity contribution in [3.8, 4) is 0 Å². The molecule has 0 bridgehead atoms. The number of benzene rings is 1. The fraction of sp³-hybridized carbons (Fsp3) is 0.455. The van der Waals surface area contributed by atoms with Crippen molar-refractivity contribution < 1.29 is 26.7 Å². The van der Waals surface area contributed by atoms with Gasteiger partial charge in [0.05, 0.1) is 12.5 Å². The molecular formula is C11H10F5IO. The monoisotopic (exact) mass is 380 g/mol. The molecule has 0 N–H and O–H groups in total. The van der Waals surface area contributed by atoms with Crippen LogP contribution in [0, 0.1) is 3.57 Å². The molecular weight excluding hydrogens is 370 g/mol. The van der Waals surface area contributed by atoms with Gasteiger partial charge in [-0.05, 0) is 40.3 Å². The second kappa shape index (κ2) is 5.68. The summed E-state index contributed by atoms with van der Waals surface area (Å²) in [4.78, 5) is 0. The first-order valence-corrected chi connectivity index (χ1v) is 5.98. The van der Waals surface area contributed by atoms with Crippen LogP contribution in [0.5, 0.6) is 0 Å². The molecule has 1 aromatic rings. The molecule has 0 aliphatic heterocycles. The van der Waals surface area contributed by atoms with E-state index >= 15 is 0 Å². The topological polar surface area (TPSA) is 9.23 Å². The Labute approximate surface area is 114 Å². The van der Waals surface area contributed by atoms with Crippen LogP contribution >= 0.6 is 22.6 Å². The summed E-state index contributed by atoms with van der Waals surface area (Å²) in [6.07, 6.45) is -8.28. The molecule has 102 valence electrons. The van der Waals surface area contributed by atoms with Gasteiger partial charge in [0, 0.05) is 10.7 Å². The maximum Gasteiger partial charge on any atom is 0.453 e. The van der Waals surface area contributed by atoms with Crippen LogP contribution in [0.4, 0.5) is 22.0 Å². The molecule has 1 rings (SSSR count). The minimum atomic E-state index is -5.56. The van der Waals surface area contributed by atoms with Crippen molar-refractivity contribution in [2.75, 3.05) is 7.11 Å². The van der Waals surface area contributed by atoms with Crippen molar-refractivity contribution in [2.45, 2.75) is 24.6 Å². The van der Waals surface area contributed by atoms with Gasteiger partial charge < -0.3 is 4.74 Å². The summed E-state index contributed by atoms with van der Waals surface area (Å²) in [7, 11) is 1.11. The lowest BCUT2D eigenvalue weighted by Gasteiger charge is -2.24. The first kappa shape index (κ1) is 15.6. The number of alkyl halides is 5. The molecule has 18 heavy (non-hydrogen) atoms. The molecule has 0 fully saturated rings. The third kappa shape index (κ3) is 3.78. The SMILES string of the molecule is COC(CC(F)(F)C(F)(F)F)c1cccc(I)c1. The maximum absolute atomic E-state index is 12.9. The second-order valence-electron chi connectivity index (χ2n) is 3.69. The van der Waals surface area contributed by atoms with Gasteiger partial charge in [-0.3, -0.25) is 0 Å². The Morgan fingerprint density at radius 3 is 2.28 bits per heavy atom. The van der Waals surface area contributed by atoms with Gasteiger partial charge in [-0.1, -0.05) is 12.1 Å². The number of methoxy groups -OCH3 is 1. The van der Waals surface area contributed by atoms with E-state index in [9.17, 15) is 22.0 Å². The van der Waals surface area contributed by atoms with Crippen molar-refractivity contribution in [1.29, 1.82) is 0 Å². The third-order valence-corrected chi connectivity index (χ3v) is 3.03. The van der Waals surface area contributed by atoms with Gasteiger partial charge in [0.1, 0.15) is 0 Å². The molecule has 1 aromatic carbocycles. The zero-order chi connectivity index (χ0) is 14.0. The normalized spacial score (nSPS) is 14.6. The molecule has 0 saturated carbocycles. The summed E-state index contributed by atoms with van der Waals surface area (Å²) >= 11 is 1.94. The quantitative estimate of drug-likeness (QED) is 0.550. The van der Waals surface area contributed by atoms with Gasteiger partial charge >= 0.3 is 12.1 Å². The number of rotatable bonds is 4. The Bertz CT molecular complexity index is 405. The molecule has 1 nitrogen and oxygen atoms in total. The zero-order valence-electron chi connectivity index (χ0n) is 9.27. The maximum atomic E-state index is 12.9. The number of hydrogen-bond donors (Lipinski definition) is 0. The van der Waals surface area contributed by atoms with Gasteiger partial charge in [0.25, 0.3) is 0 Å². The highest BCUT2D eigenvalue weighted by Crippen LogP contribution is 2.42. The summed E-state index contributed by atoms with van der Waals surface area (Å²) in [5, 5.41) is 0. The molecule has 0 amide bonds. The Morgan fingerprint density at radius 2 is 1.83 bits per heavy atom. The first-order chi connectivity index (χ1) is 8.17. The molecule has 0 aliphatic carbocycles. The lowest BCUT2D eigenvalue weighted by atomic mass is 10.0. The van der Waals surface area contributed by atoms with Crippen molar-refractivity contribution in [3.63, 3.8) is 0 Å². The Hall–Kier alpha value is -0.440. The van der Waals surface area contributed by atoms with Crippen LogP contribution in [0.25, 0.3) is 0 Å². The second-order valence-corrected chi connectivity index (χ2v) is 4.93. The third-order valence-electron chi connectivity index (χ3n) is 2.36. The van der Waals surface area contributed by atoms with Gasteiger partial charge in [-0.25, -0.2) is 0 Å². The van der Waals surface area contributed by atoms with Crippen LogP contribution in [-0.2, 0) is 4.74 Å². The molecule has 0 saturated heterocycles. The molecule has 0 aromatic heterocycles. The summed E-state index contributed by atoms with van der Waals surface area (Å²) in [6, 6.07) is 6.26. The van der Waals surface area contributed by atoms with Gasteiger partial charge in [-0.15, -0.1) is 0 Å². The van der Waals surface area contributed by atoms with Crippen LogP contribution in [0.2, 0.25) is 0 Å². The Morgan fingerprint density at radius 1 is 1.22 bits per heavy atom. The smallest absolute Gasteiger partial charge is 0.377 e. The highest BCUT2D eigenvalue weighted by Gasteiger charge is 2.58. The lowest BCUT2D eigenvalue weighted by molar-refractivity contribution is -0.291. The standard InChI is InChI=1S/C11H10F5IO/c1-18-9(6-10(12,13)11(14,15)16)7-3-2-4-8(17)5-7/h2-5,9H,6H2,1H3. The summed E-state index contributed by atoms with van der Waals surface area (Å²) in [5.74, 6) is -4.77.